The number of hydrogen-bond donors (Lipinski definition) is 3. The summed E-state index contributed by atoms with van der Waals surface area (Å²) in [6.07, 6.45) is 3.15. The Labute approximate surface area is 223 Å². The Morgan fingerprint density at radius 1 is 1.03 bits per heavy atom. The Kier molecular flexibility index (Phi) is 7.46. The highest BCUT2D eigenvalue weighted by Gasteiger charge is 2.47. The number of piperidine rings is 1. The van der Waals surface area contributed by atoms with Crippen LogP contribution in [0.2, 0.25) is 0 Å². The number of fused-ring (bicyclic) bond motifs is 1. The van der Waals surface area contributed by atoms with E-state index in [1.165, 1.54) is 0 Å². The molecule has 1 saturated heterocycles. The van der Waals surface area contributed by atoms with Crippen molar-refractivity contribution >= 4 is 17.4 Å². The van der Waals surface area contributed by atoms with Gasteiger partial charge in [0, 0.05) is 42.3 Å². The molecule has 8 heteroatoms. The summed E-state index contributed by atoms with van der Waals surface area (Å²) < 4.78 is -0.797. The Balaban J connectivity index is 1.45. The molecule has 5 N–H and O–H groups in total. The van der Waals surface area contributed by atoms with E-state index in [4.69, 9.17) is 11.5 Å². The number of hydrogen-bond acceptors (Lipinski definition) is 5. The van der Waals surface area contributed by atoms with Gasteiger partial charge in [-0.3, -0.25) is 4.79 Å². The molecule has 0 saturated carbocycles. The number of carbonyl (C=O) groups is 1. The van der Waals surface area contributed by atoms with Gasteiger partial charge in [-0.1, -0.05) is 71.9 Å². The van der Waals surface area contributed by atoms with Gasteiger partial charge in [0.15, 0.2) is 11.9 Å². The van der Waals surface area contributed by atoms with Gasteiger partial charge in [-0.15, -0.1) is 0 Å². The van der Waals surface area contributed by atoms with Gasteiger partial charge >= 0.3 is 0 Å². The lowest BCUT2D eigenvalue weighted by Crippen LogP contribution is -2.57. The summed E-state index contributed by atoms with van der Waals surface area (Å²) in [5.41, 5.74) is 16.4. The van der Waals surface area contributed by atoms with Crippen LogP contribution in [0.15, 0.2) is 78.0 Å². The van der Waals surface area contributed by atoms with E-state index in [1.54, 1.807) is 12.1 Å². The minimum Gasteiger partial charge on any atom is -0.627 e. The number of oxime groups is 1. The molecule has 2 atom stereocenters. The molecule has 38 heavy (non-hydrogen) atoms. The fourth-order valence-corrected chi connectivity index (χ4v) is 5.88. The van der Waals surface area contributed by atoms with E-state index < -0.39 is 10.7 Å². The number of likely N-dealkylation sites (tertiary alicyclic amines) is 1. The molecule has 198 valence electrons. The lowest BCUT2D eigenvalue weighted by molar-refractivity contribution is -0.137. The van der Waals surface area contributed by atoms with Crippen molar-refractivity contribution in [3.05, 3.63) is 94.7 Å². The van der Waals surface area contributed by atoms with Gasteiger partial charge < -0.3 is 31.4 Å². The first kappa shape index (κ1) is 25.9. The first-order valence-corrected chi connectivity index (χ1v) is 13.3. The summed E-state index contributed by atoms with van der Waals surface area (Å²) in [5.74, 6) is 0.361. The zero-order valence-corrected chi connectivity index (χ0v) is 21.5. The molecule has 0 aliphatic carbocycles. The molecule has 8 nitrogen and oxygen atoms in total. The number of benzene rings is 3. The maximum absolute atomic E-state index is 14.8. The second kappa shape index (κ2) is 10.9. The summed E-state index contributed by atoms with van der Waals surface area (Å²) in [4.78, 5) is 15.7. The van der Waals surface area contributed by atoms with Crippen molar-refractivity contribution in [2.24, 2.45) is 22.5 Å². The van der Waals surface area contributed by atoms with Crippen LogP contribution < -0.4 is 16.1 Å². The maximum atomic E-state index is 14.8. The molecule has 1 fully saturated rings. The number of nitrogens with two attached hydrogens (primary N) is 2. The predicted octanol–water partition coefficient (Wildman–Crippen LogP) is 3.97. The molecule has 3 aromatic rings. The highest BCUT2D eigenvalue weighted by Crippen LogP contribution is 2.42. The van der Waals surface area contributed by atoms with Crippen LogP contribution in [0.4, 0.5) is 5.69 Å². The minimum absolute atomic E-state index is 0.0664. The number of rotatable bonds is 7. The van der Waals surface area contributed by atoms with E-state index >= 15 is 0 Å². The van der Waals surface area contributed by atoms with Crippen molar-refractivity contribution in [2.75, 3.05) is 19.6 Å². The lowest BCUT2D eigenvalue weighted by atomic mass is 9.93. The first-order chi connectivity index (χ1) is 18.4. The average Bonchev–Trinajstić information content (AvgIpc) is 3.25. The molecule has 2 unspecified atom stereocenters. The van der Waals surface area contributed by atoms with E-state index in [0.717, 1.165) is 41.5 Å². The van der Waals surface area contributed by atoms with Crippen molar-refractivity contribution in [1.82, 2.24) is 9.55 Å². The minimum atomic E-state index is -0.797. The quantitative estimate of drug-likeness (QED) is 0.110. The third kappa shape index (κ3) is 5.03. The lowest BCUT2D eigenvalue weighted by Gasteiger charge is -2.45. The largest absolute Gasteiger partial charge is 0.627 e. The molecule has 5 rings (SSSR count). The van der Waals surface area contributed by atoms with Crippen LogP contribution in [0.3, 0.4) is 0 Å². The van der Waals surface area contributed by atoms with Gasteiger partial charge in [-0.2, -0.15) is 0 Å². The Morgan fingerprint density at radius 3 is 2.37 bits per heavy atom. The van der Waals surface area contributed by atoms with Crippen molar-refractivity contribution in [1.29, 1.82) is 0 Å². The summed E-state index contributed by atoms with van der Waals surface area (Å²) in [5, 5.41) is 27.1. The molecule has 2 aliphatic heterocycles. The van der Waals surface area contributed by atoms with E-state index in [-0.39, 0.29) is 18.3 Å². The van der Waals surface area contributed by atoms with Crippen LogP contribution in [-0.4, -0.2) is 47.5 Å². The van der Waals surface area contributed by atoms with Crippen molar-refractivity contribution in [3.63, 3.8) is 0 Å². The zero-order chi connectivity index (χ0) is 26.7. The van der Waals surface area contributed by atoms with E-state index in [9.17, 15) is 15.2 Å². The Bertz CT molecular complexity index is 1300. The van der Waals surface area contributed by atoms with Gasteiger partial charge in [-0.25, -0.2) is 0 Å². The number of hydroxylamine groups is 2. The monoisotopic (exact) mass is 513 g/mol. The smallest absolute Gasteiger partial charge is 0.282 e. The molecule has 2 aliphatic rings. The van der Waals surface area contributed by atoms with Crippen LogP contribution >= 0.6 is 0 Å². The molecule has 0 spiro atoms. The highest BCUT2D eigenvalue weighted by atomic mass is 16.6. The van der Waals surface area contributed by atoms with Gasteiger partial charge in [0.25, 0.3) is 5.91 Å². The Hall–Kier alpha value is -3.72. The van der Waals surface area contributed by atoms with Crippen molar-refractivity contribution in [3.8, 4) is 11.1 Å². The number of nitrogens with zero attached hydrogens (tertiary/aromatic N) is 3. The van der Waals surface area contributed by atoms with Gasteiger partial charge in [0.2, 0.25) is 0 Å². The molecule has 3 aromatic carbocycles. The van der Waals surface area contributed by atoms with Crippen LogP contribution in [0.25, 0.3) is 11.1 Å². The molecule has 2 heterocycles. The molecule has 1 amide bonds. The van der Waals surface area contributed by atoms with Crippen LogP contribution in [0.5, 0.6) is 0 Å². The number of amides is 1. The predicted molar refractivity (Wildman–Crippen MR) is 150 cm³/mol. The molecular formula is C30H35N5O3. The number of amidine groups is 1. The maximum Gasteiger partial charge on any atom is 0.282 e. The van der Waals surface area contributed by atoms with Gasteiger partial charge in [-0.05, 0) is 42.9 Å². The summed E-state index contributed by atoms with van der Waals surface area (Å²) in [6, 6.07) is 22.5. The fourth-order valence-electron chi connectivity index (χ4n) is 5.88. The standard InChI is InChI=1S/C30H35N5O3/c31-15-12-21-13-16-34(17-14-21)30(36)28-18-25-10-11-26(29(32)33-37)19-27(25)35(28,38)20-22-6-8-24(9-7-22)23-4-2-1-3-5-23/h1-11,19,21,28,37H,12-18,20,31H2,(H2,32,33). The topological polar surface area (TPSA) is 128 Å². The summed E-state index contributed by atoms with van der Waals surface area (Å²) >= 11 is 0. The molecule has 0 radical (unpaired) electrons. The molecule has 0 bridgehead atoms. The van der Waals surface area contributed by atoms with E-state index in [1.807, 2.05) is 65.6 Å². The van der Waals surface area contributed by atoms with Gasteiger partial charge in [0.05, 0.1) is 0 Å². The second-order valence-corrected chi connectivity index (χ2v) is 10.4. The molecule has 0 aromatic heterocycles. The molecular weight excluding hydrogens is 478 g/mol. The number of quaternary nitrogens is 1. The van der Waals surface area contributed by atoms with Gasteiger partial charge in [0.1, 0.15) is 12.2 Å². The third-order valence-corrected chi connectivity index (χ3v) is 8.08. The second-order valence-electron chi connectivity index (χ2n) is 10.4. The van der Waals surface area contributed by atoms with E-state index in [2.05, 4.69) is 5.16 Å². The van der Waals surface area contributed by atoms with Crippen LogP contribution in [-0.2, 0) is 17.8 Å². The summed E-state index contributed by atoms with van der Waals surface area (Å²) in [6.45, 7) is 2.07. The third-order valence-electron chi connectivity index (χ3n) is 8.08. The highest BCUT2D eigenvalue weighted by molar-refractivity contribution is 5.98. The van der Waals surface area contributed by atoms with E-state index in [0.29, 0.717) is 43.2 Å². The zero-order valence-electron chi connectivity index (χ0n) is 21.5. The normalized spacial score (nSPS) is 21.9. The van der Waals surface area contributed by atoms with Crippen LogP contribution in [0.1, 0.15) is 36.0 Å². The fraction of sp³-hybridized carbons (Fsp3) is 0.333. The SMILES string of the molecule is NCCC1CCN(C(=O)C2Cc3ccc(/C(N)=N\O)cc3[N+]2([O-])Cc2ccc(-c3ccccc3)cc2)CC1. The Morgan fingerprint density at radius 2 is 1.71 bits per heavy atom. The summed E-state index contributed by atoms with van der Waals surface area (Å²) in [7, 11) is 0. The average molecular weight is 514 g/mol. The number of carbonyl (C=O) groups excluding carboxylic acids is 1. The van der Waals surface area contributed by atoms with Crippen molar-refractivity contribution < 1.29 is 10.0 Å². The van der Waals surface area contributed by atoms with Crippen LogP contribution in [0, 0.1) is 11.1 Å². The first-order valence-electron chi connectivity index (χ1n) is 13.3. The van der Waals surface area contributed by atoms with Crippen molar-refractivity contribution in [2.45, 2.75) is 38.3 Å².